The standard InChI is InChI=1S/C11H12BrN3O2S/c12-9-18(16,17)14-8-10-4-1-2-5-11(10)15-7-3-6-13-15/h1-7,14H,8-9H2. The summed E-state index contributed by atoms with van der Waals surface area (Å²) in [5.74, 6) is 0. The van der Waals surface area contributed by atoms with Crippen molar-refractivity contribution in [3.05, 3.63) is 48.3 Å². The van der Waals surface area contributed by atoms with Crippen molar-refractivity contribution >= 4 is 26.0 Å². The summed E-state index contributed by atoms with van der Waals surface area (Å²) in [6.07, 6.45) is 3.50. The highest BCUT2D eigenvalue weighted by Crippen LogP contribution is 2.13. The van der Waals surface area contributed by atoms with Crippen LogP contribution in [0.4, 0.5) is 0 Å². The summed E-state index contributed by atoms with van der Waals surface area (Å²) in [6, 6.07) is 9.34. The zero-order valence-corrected chi connectivity index (χ0v) is 11.9. The number of alkyl halides is 1. The molecule has 18 heavy (non-hydrogen) atoms. The molecule has 96 valence electrons. The Morgan fingerprint density at radius 3 is 2.72 bits per heavy atom. The molecule has 0 radical (unpaired) electrons. The fourth-order valence-electron chi connectivity index (χ4n) is 1.52. The molecule has 0 bridgehead atoms. The highest BCUT2D eigenvalue weighted by Gasteiger charge is 2.09. The van der Waals surface area contributed by atoms with Crippen LogP contribution in [0.2, 0.25) is 0 Å². The zero-order valence-electron chi connectivity index (χ0n) is 9.45. The Labute approximate surface area is 114 Å². The van der Waals surface area contributed by atoms with Crippen molar-refractivity contribution in [1.82, 2.24) is 14.5 Å². The molecule has 2 aromatic rings. The average Bonchev–Trinajstić information content (AvgIpc) is 2.91. The van der Waals surface area contributed by atoms with Gasteiger partial charge in [0.25, 0.3) is 0 Å². The van der Waals surface area contributed by atoms with Crippen LogP contribution in [-0.4, -0.2) is 22.9 Å². The largest absolute Gasteiger partial charge is 0.241 e. The molecule has 2 rings (SSSR count). The third kappa shape index (κ3) is 3.18. The molecule has 0 amide bonds. The first-order valence-electron chi connectivity index (χ1n) is 5.23. The Morgan fingerprint density at radius 1 is 1.28 bits per heavy atom. The molecule has 1 aromatic carbocycles. The number of sulfonamides is 1. The van der Waals surface area contributed by atoms with Crippen LogP contribution in [0.25, 0.3) is 5.69 Å². The van der Waals surface area contributed by atoms with E-state index < -0.39 is 10.0 Å². The van der Waals surface area contributed by atoms with Gasteiger partial charge in [-0.3, -0.25) is 0 Å². The lowest BCUT2D eigenvalue weighted by Crippen LogP contribution is -2.24. The van der Waals surface area contributed by atoms with Crippen molar-refractivity contribution < 1.29 is 8.42 Å². The summed E-state index contributed by atoms with van der Waals surface area (Å²) in [7, 11) is -3.27. The predicted octanol–water partition coefficient (Wildman–Crippen LogP) is 1.64. The Kier molecular flexibility index (Phi) is 4.15. The summed E-state index contributed by atoms with van der Waals surface area (Å²) in [5, 5.41) is 4.14. The zero-order chi connectivity index (χ0) is 13.0. The van der Waals surface area contributed by atoms with Crippen LogP contribution < -0.4 is 4.72 Å². The van der Waals surface area contributed by atoms with Gasteiger partial charge in [-0.05, 0) is 17.7 Å². The van der Waals surface area contributed by atoms with Crippen molar-refractivity contribution in [1.29, 1.82) is 0 Å². The molecular formula is C11H12BrN3O2S. The lowest BCUT2D eigenvalue weighted by Gasteiger charge is -2.10. The lowest BCUT2D eigenvalue weighted by atomic mass is 10.2. The molecule has 0 aliphatic heterocycles. The van der Waals surface area contributed by atoms with Gasteiger partial charge in [0, 0.05) is 18.9 Å². The van der Waals surface area contributed by atoms with Gasteiger partial charge in [-0.25, -0.2) is 17.8 Å². The topological polar surface area (TPSA) is 64.0 Å². The number of benzene rings is 1. The summed E-state index contributed by atoms with van der Waals surface area (Å²) in [5.41, 5.74) is 1.73. The summed E-state index contributed by atoms with van der Waals surface area (Å²) >= 11 is 2.93. The Morgan fingerprint density at radius 2 is 2.06 bits per heavy atom. The van der Waals surface area contributed by atoms with Crippen LogP contribution in [0, 0.1) is 0 Å². The lowest BCUT2D eigenvalue weighted by molar-refractivity contribution is 0.586. The molecule has 0 atom stereocenters. The number of hydrogen-bond acceptors (Lipinski definition) is 3. The van der Waals surface area contributed by atoms with Crippen molar-refractivity contribution in [2.24, 2.45) is 0 Å². The first kappa shape index (κ1) is 13.3. The molecule has 0 saturated carbocycles. The molecule has 0 unspecified atom stereocenters. The first-order chi connectivity index (χ1) is 8.62. The second kappa shape index (κ2) is 5.64. The number of nitrogens with zero attached hydrogens (tertiary/aromatic N) is 2. The monoisotopic (exact) mass is 329 g/mol. The van der Waals surface area contributed by atoms with E-state index in [9.17, 15) is 8.42 Å². The smallest absolute Gasteiger partial charge is 0.221 e. The van der Waals surface area contributed by atoms with E-state index in [1.165, 1.54) is 0 Å². The van der Waals surface area contributed by atoms with E-state index in [0.29, 0.717) is 0 Å². The van der Waals surface area contributed by atoms with Crippen LogP contribution in [0.3, 0.4) is 0 Å². The highest BCUT2D eigenvalue weighted by molar-refractivity contribution is 9.10. The minimum atomic E-state index is -3.27. The van der Waals surface area contributed by atoms with E-state index in [-0.39, 0.29) is 11.2 Å². The van der Waals surface area contributed by atoms with Gasteiger partial charge in [0.1, 0.15) is 4.66 Å². The molecule has 0 aliphatic rings. The molecule has 0 fully saturated rings. The van der Waals surface area contributed by atoms with Gasteiger partial charge in [0.05, 0.1) is 5.69 Å². The molecular weight excluding hydrogens is 318 g/mol. The maximum Gasteiger partial charge on any atom is 0.221 e. The molecule has 0 aliphatic carbocycles. The second-order valence-electron chi connectivity index (χ2n) is 3.62. The van der Waals surface area contributed by atoms with Crippen molar-refractivity contribution in [2.45, 2.75) is 6.54 Å². The highest BCUT2D eigenvalue weighted by atomic mass is 79.9. The van der Waals surface area contributed by atoms with E-state index in [0.717, 1.165) is 11.3 Å². The number of aromatic nitrogens is 2. The van der Waals surface area contributed by atoms with Crippen molar-refractivity contribution in [3.8, 4) is 5.69 Å². The van der Waals surface area contributed by atoms with E-state index in [1.807, 2.05) is 36.5 Å². The van der Waals surface area contributed by atoms with Crippen molar-refractivity contribution in [3.63, 3.8) is 0 Å². The average molecular weight is 330 g/mol. The molecule has 1 heterocycles. The third-order valence-electron chi connectivity index (χ3n) is 2.37. The van der Waals surface area contributed by atoms with E-state index in [4.69, 9.17) is 0 Å². The maximum absolute atomic E-state index is 11.4. The molecule has 0 saturated heterocycles. The van der Waals surface area contributed by atoms with Gasteiger partial charge in [-0.1, -0.05) is 34.1 Å². The van der Waals surface area contributed by atoms with Crippen LogP contribution in [0.15, 0.2) is 42.7 Å². The van der Waals surface area contributed by atoms with Gasteiger partial charge in [-0.2, -0.15) is 5.10 Å². The maximum atomic E-state index is 11.4. The van der Waals surface area contributed by atoms with Gasteiger partial charge in [-0.15, -0.1) is 0 Å². The Hall–Kier alpha value is -1.18. The van der Waals surface area contributed by atoms with Crippen LogP contribution in [0.1, 0.15) is 5.56 Å². The Bertz CT molecular complexity index is 611. The minimum Gasteiger partial charge on any atom is -0.241 e. The van der Waals surface area contributed by atoms with Gasteiger partial charge >= 0.3 is 0 Å². The number of rotatable bonds is 5. The molecule has 5 nitrogen and oxygen atoms in total. The SMILES string of the molecule is O=S(=O)(CBr)NCc1ccccc1-n1cccn1. The van der Waals surface area contributed by atoms with Gasteiger partial charge < -0.3 is 0 Å². The third-order valence-corrected chi connectivity index (χ3v) is 5.05. The number of para-hydroxylation sites is 1. The molecule has 1 N–H and O–H groups in total. The van der Waals surface area contributed by atoms with Crippen molar-refractivity contribution in [2.75, 3.05) is 4.66 Å². The summed E-state index contributed by atoms with van der Waals surface area (Å²) in [6.45, 7) is 0.240. The molecule has 7 heteroatoms. The molecule has 0 spiro atoms. The normalized spacial score (nSPS) is 11.6. The summed E-state index contributed by atoms with van der Waals surface area (Å²) in [4.78, 5) is 0. The van der Waals surface area contributed by atoms with E-state index >= 15 is 0 Å². The van der Waals surface area contributed by atoms with Gasteiger partial charge in [0.2, 0.25) is 10.0 Å². The van der Waals surface area contributed by atoms with Crippen LogP contribution in [-0.2, 0) is 16.6 Å². The fraction of sp³-hybridized carbons (Fsp3) is 0.182. The predicted molar refractivity (Wildman–Crippen MR) is 73.1 cm³/mol. The van der Waals surface area contributed by atoms with Crippen LogP contribution >= 0.6 is 15.9 Å². The summed E-state index contributed by atoms with van der Waals surface area (Å²) < 4.78 is 26.9. The number of nitrogens with one attached hydrogen (secondary N) is 1. The number of hydrogen-bond donors (Lipinski definition) is 1. The van der Waals surface area contributed by atoms with Gasteiger partial charge in [0.15, 0.2) is 0 Å². The fourth-order valence-corrected chi connectivity index (χ4v) is 2.46. The Balaban J connectivity index is 2.24. The number of halogens is 1. The van der Waals surface area contributed by atoms with E-state index in [1.54, 1.807) is 10.9 Å². The molecule has 1 aromatic heterocycles. The quantitative estimate of drug-likeness (QED) is 0.848. The first-order valence-corrected chi connectivity index (χ1v) is 8.01. The van der Waals surface area contributed by atoms with E-state index in [2.05, 4.69) is 25.8 Å². The van der Waals surface area contributed by atoms with Crippen LogP contribution in [0.5, 0.6) is 0 Å². The second-order valence-corrected chi connectivity index (χ2v) is 6.73. The minimum absolute atomic E-state index is 0.107.